The second-order valence-corrected chi connectivity index (χ2v) is 5.34. The Hall–Kier alpha value is -2.90. The molecule has 0 saturated carbocycles. The van der Waals surface area contributed by atoms with Gasteiger partial charge in [-0.25, -0.2) is 0 Å². The summed E-state index contributed by atoms with van der Waals surface area (Å²) in [6, 6.07) is 9.08. The molecule has 1 amide bonds. The van der Waals surface area contributed by atoms with Crippen LogP contribution in [-0.2, 0) is 11.0 Å². The fraction of sp³-hybridized carbons (Fsp3) is 0.235. The van der Waals surface area contributed by atoms with Crippen molar-refractivity contribution in [1.29, 1.82) is 0 Å². The second-order valence-electron chi connectivity index (χ2n) is 5.34. The van der Waals surface area contributed by atoms with Crippen LogP contribution < -0.4 is 19.5 Å². The summed E-state index contributed by atoms with van der Waals surface area (Å²) in [5.41, 5.74) is -0.533. The summed E-state index contributed by atoms with van der Waals surface area (Å²) in [7, 11) is 0. The Morgan fingerprint density at radius 3 is 2.48 bits per heavy atom. The Morgan fingerprint density at radius 2 is 1.80 bits per heavy atom. The Bertz CT molecular complexity index is 774. The predicted molar refractivity (Wildman–Crippen MR) is 82.7 cm³/mol. The first-order chi connectivity index (χ1) is 11.8. The van der Waals surface area contributed by atoms with Gasteiger partial charge >= 0.3 is 6.18 Å². The molecule has 1 N–H and O–H groups in total. The molecule has 132 valence electrons. The zero-order valence-electron chi connectivity index (χ0n) is 13.1. The number of hydrogen-bond acceptors (Lipinski definition) is 4. The summed E-state index contributed by atoms with van der Waals surface area (Å²) in [4.78, 5) is 12.1. The van der Waals surface area contributed by atoms with E-state index in [0.717, 1.165) is 12.1 Å². The van der Waals surface area contributed by atoms with Gasteiger partial charge in [0.1, 0.15) is 5.75 Å². The number of anilines is 1. The van der Waals surface area contributed by atoms with Crippen molar-refractivity contribution in [3.05, 3.63) is 48.0 Å². The lowest BCUT2D eigenvalue weighted by atomic mass is 10.2. The molecule has 3 rings (SSSR count). The minimum atomic E-state index is -4.42. The van der Waals surface area contributed by atoms with E-state index in [0.29, 0.717) is 17.2 Å². The van der Waals surface area contributed by atoms with Crippen LogP contribution in [0.1, 0.15) is 12.5 Å². The van der Waals surface area contributed by atoms with E-state index >= 15 is 0 Å². The fourth-order valence-electron chi connectivity index (χ4n) is 2.19. The molecule has 2 aromatic carbocycles. The van der Waals surface area contributed by atoms with Crippen molar-refractivity contribution in [1.82, 2.24) is 0 Å². The minimum absolute atomic E-state index is 0.128. The first-order valence-corrected chi connectivity index (χ1v) is 7.37. The Balaban J connectivity index is 1.61. The topological polar surface area (TPSA) is 56.8 Å². The van der Waals surface area contributed by atoms with E-state index in [1.54, 1.807) is 18.2 Å². The lowest BCUT2D eigenvalue weighted by Gasteiger charge is -2.15. The molecule has 2 aromatic rings. The first-order valence-electron chi connectivity index (χ1n) is 7.37. The summed E-state index contributed by atoms with van der Waals surface area (Å²) in [5, 5.41) is 2.51. The van der Waals surface area contributed by atoms with Gasteiger partial charge in [0.05, 0.1) is 5.56 Å². The SMILES string of the molecule is C[C@@H](Oc1ccc2c(c1)OCO2)C(=O)Nc1ccc(C(F)(F)F)cc1. The molecule has 0 aromatic heterocycles. The summed E-state index contributed by atoms with van der Waals surface area (Å²) >= 11 is 0. The molecule has 0 spiro atoms. The molecule has 0 saturated heterocycles. The van der Waals surface area contributed by atoms with Crippen LogP contribution in [0.4, 0.5) is 18.9 Å². The monoisotopic (exact) mass is 353 g/mol. The van der Waals surface area contributed by atoms with Crippen LogP contribution in [0, 0.1) is 0 Å². The number of hydrogen-bond donors (Lipinski definition) is 1. The molecule has 25 heavy (non-hydrogen) atoms. The van der Waals surface area contributed by atoms with Gasteiger partial charge in [0.25, 0.3) is 5.91 Å². The van der Waals surface area contributed by atoms with Crippen molar-refractivity contribution in [3.8, 4) is 17.2 Å². The van der Waals surface area contributed by atoms with Crippen molar-refractivity contribution >= 4 is 11.6 Å². The number of fused-ring (bicyclic) bond motifs is 1. The average Bonchev–Trinajstić information content (AvgIpc) is 3.02. The van der Waals surface area contributed by atoms with E-state index in [2.05, 4.69) is 5.32 Å². The molecule has 1 atom stereocenters. The molecule has 0 radical (unpaired) electrons. The number of ether oxygens (including phenoxy) is 3. The second kappa shape index (κ2) is 6.54. The third-order valence-corrected chi connectivity index (χ3v) is 3.51. The average molecular weight is 353 g/mol. The lowest BCUT2D eigenvalue weighted by Crippen LogP contribution is -2.30. The van der Waals surface area contributed by atoms with Crippen LogP contribution in [0.3, 0.4) is 0 Å². The van der Waals surface area contributed by atoms with E-state index < -0.39 is 23.8 Å². The molecule has 0 unspecified atom stereocenters. The molecule has 0 aliphatic carbocycles. The first kappa shape index (κ1) is 16.9. The number of rotatable bonds is 4. The molecule has 0 bridgehead atoms. The van der Waals surface area contributed by atoms with Crippen molar-refractivity contribution < 1.29 is 32.2 Å². The molecule has 1 aliphatic rings. The zero-order valence-corrected chi connectivity index (χ0v) is 13.1. The highest BCUT2D eigenvalue weighted by Crippen LogP contribution is 2.35. The molecule has 1 aliphatic heterocycles. The maximum absolute atomic E-state index is 12.5. The van der Waals surface area contributed by atoms with E-state index in [1.165, 1.54) is 19.1 Å². The molecular weight excluding hydrogens is 339 g/mol. The molecular formula is C17H14F3NO4. The maximum atomic E-state index is 12.5. The molecule has 0 fully saturated rings. The molecule has 1 heterocycles. The zero-order chi connectivity index (χ0) is 18.0. The normalized spacial score (nSPS) is 14.1. The van der Waals surface area contributed by atoms with Gasteiger partial charge < -0.3 is 19.5 Å². The highest BCUT2D eigenvalue weighted by atomic mass is 19.4. The van der Waals surface area contributed by atoms with Crippen LogP contribution >= 0.6 is 0 Å². The smallest absolute Gasteiger partial charge is 0.416 e. The van der Waals surface area contributed by atoms with Crippen LogP contribution in [0.15, 0.2) is 42.5 Å². The standard InChI is InChI=1S/C17H14F3NO4/c1-10(25-13-6-7-14-15(8-13)24-9-23-14)16(22)21-12-4-2-11(3-5-12)17(18,19)20/h2-8,10H,9H2,1H3,(H,21,22)/t10-/m1/s1. The van der Waals surface area contributed by atoms with Crippen molar-refractivity contribution in [2.45, 2.75) is 19.2 Å². The van der Waals surface area contributed by atoms with Gasteiger partial charge in [0.2, 0.25) is 6.79 Å². The maximum Gasteiger partial charge on any atom is 0.416 e. The van der Waals surface area contributed by atoms with Gasteiger partial charge in [-0.3, -0.25) is 4.79 Å². The van der Waals surface area contributed by atoms with Gasteiger partial charge in [0, 0.05) is 11.8 Å². The summed E-state index contributed by atoms with van der Waals surface area (Å²) < 4.78 is 53.5. The van der Waals surface area contributed by atoms with Gasteiger partial charge in [-0.2, -0.15) is 13.2 Å². The minimum Gasteiger partial charge on any atom is -0.481 e. The molecule has 8 heteroatoms. The van der Waals surface area contributed by atoms with Crippen LogP contribution in [0.2, 0.25) is 0 Å². The number of halogens is 3. The van der Waals surface area contributed by atoms with Gasteiger partial charge in [-0.15, -0.1) is 0 Å². The summed E-state index contributed by atoms with van der Waals surface area (Å²) in [5.74, 6) is 1.04. The highest BCUT2D eigenvalue weighted by molar-refractivity contribution is 5.94. The largest absolute Gasteiger partial charge is 0.481 e. The Labute approximate surface area is 141 Å². The van der Waals surface area contributed by atoms with Gasteiger partial charge in [-0.05, 0) is 43.3 Å². The Kier molecular flexibility index (Phi) is 4.43. The summed E-state index contributed by atoms with van der Waals surface area (Å²) in [6.07, 6.45) is -5.28. The number of carbonyl (C=O) groups is 1. The quantitative estimate of drug-likeness (QED) is 0.907. The van der Waals surface area contributed by atoms with E-state index in [4.69, 9.17) is 14.2 Å². The van der Waals surface area contributed by atoms with Crippen molar-refractivity contribution in [2.75, 3.05) is 12.1 Å². The van der Waals surface area contributed by atoms with Crippen LogP contribution in [0.25, 0.3) is 0 Å². The number of benzene rings is 2. The molecule has 5 nitrogen and oxygen atoms in total. The lowest BCUT2D eigenvalue weighted by molar-refractivity contribution is -0.137. The third kappa shape index (κ3) is 3.96. The fourth-order valence-corrected chi connectivity index (χ4v) is 2.19. The summed E-state index contributed by atoms with van der Waals surface area (Å²) in [6.45, 7) is 1.66. The van der Waals surface area contributed by atoms with Crippen LogP contribution in [-0.4, -0.2) is 18.8 Å². The van der Waals surface area contributed by atoms with Crippen molar-refractivity contribution in [3.63, 3.8) is 0 Å². The van der Waals surface area contributed by atoms with Gasteiger partial charge in [-0.1, -0.05) is 0 Å². The van der Waals surface area contributed by atoms with Crippen LogP contribution in [0.5, 0.6) is 17.2 Å². The third-order valence-electron chi connectivity index (χ3n) is 3.51. The highest BCUT2D eigenvalue weighted by Gasteiger charge is 2.30. The number of nitrogens with one attached hydrogen (secondary N) is 1. The van der Waals surface area contributed by atoms with E-state index in [9.17, 15) is 18.0 Å². The van der Waals surface area contributed by atoms with E-state index in [-0.39, 0.29) is 12.5 Å². The van der Waals surface area contributed by atoms with Gasteiger partial charge in [0.15, 0.2) is 17.6 Å². The predicted octanol–water partition coefficient (Wildman–Crippen LogP) is 3.84. The van der Waals surface area contributed by atoms with Crippen molar-refractivity contribution in [2.24, 2.45) is 0 Å². The van der Waals surface area contributed by atoms with E-state index in [1.807, 2.05) is 0 Å². The number of amides is 1. The number of alkyl halides is 3. The Morgan fingerprint density at radius 1 is 1.12 bits per heavy atom. The number of carbonyl (C=O) groups excluding carboxylic acids is 1.